The van der Waals surface area contributed by atoms with Crippen molar-refractivity contribution >= 4 is 43.9 Å². The zero-order valence-electron chi connectivity index (χ0n) is 8.62. The molecule has 0 aliphatic carbocycles. The molecule has 1 aromatic carbocycles. The number of hydrogen-bond acceptors (Lipinski definition) is 1. The summed E-state index contributed by atoms with van der Waals surface area (Å²) in [6, 6.07) is 5.98. The zero-order chi connectivity index (χ0) is 12.0. The fraction of sp³-hybridized carbons (Fsp3) is 0.250. The van der Waals surface area contributed by atoms with E-state index < -0.39 is 5.97 Å². The molecule has 0 bridgehead atoms. The van der Waals surface area contributed by atoms with Crippen molar-refractivity contribution in [1.82, 2.24) is 0 Å². The van der Waals surface area contributed by atoms with Crippen LogP contribution in [0.25, 0.3) is 6.08 Å². The molecular weight excluding hydrogens is 336 g/mol. The second-order valence-corrected chi connectivity index (χ2v) is 4.97. The van der Waals surface area contributed by atoms with Crippen LogP contribution in [0.4, 0.5) is 0 Å². The Kier molecular flexibility index (Phi) is 5.77. The molecule has 0 aliphatic heterocycles. The van der Waals surface area contributed by atoms with Crippen LogP contribution in [0.2, 0.25) is 0 Å². The molecule has 0 saturated heterocycles. The Hall–Kier alpha value is -0.610. The molecule has 1 N–H and O–H groups in total. The van der Waals surface area contributed by atoms with Crippen LogP contribution in [0.1, 0.15) is 17.5 Å². The lowest BCUT2D eigenvalue weighted by atomic mass is 10.1. The van der Waals surface area contributed by atoms with Gasteiger partial charge in [-0.3, -0.25) is 0 Å². The lowest BCUT2D eigenvalue weighted by molar-refractivity contribution is -0.131. The Morgan fingerprint density at radius 1 is 1.44 bits per heavy atom. The van der Waals surface area contributed by atoms with Gasteiger partial charge in [0.1, 0.15) is 0 Å². The molecule has 0 unspecified atom stereocenters. The van der Waals surface area contributed by atoms with Gasteiger partial charge < -0.3 is 5.11 Å². The number of rotatable bonds is 5. The lowest BCUT2D eigenvalue weighted by Gasteiger charge is -2.03. The van der Waals surface area contributed by atoms with Crippen LogP contribution >= 0.6 is 31.9 Å². The molecule has 0 aromatic heterocycles. The Labute approximate surface area is 112 Å². The van der Waals surface area contributed by atoms with Gasteiger partial charge in [-0.25, -0.2) is 4.79 Å². The highest BCUT2D eigenvalue weighted by Gasteiger charge is 1.99. The van der Waals surface area contributed by atoms with Gasteiger partial charge in [0.2, 0.25) is 0 Å². The number of alkyl halides is 1. The molecule has 1 rings (SSSR count). The largest absolute Gasteiger partial charge is 0.478 e. The second kappa shape index (κ2) is 6.86. The van der Waals surface area contributed by atoms with Crippen LogP contribution in [0.3, 0.4) is 0 Å². The zero-order valence-corrected chi connectivity index (χ0v) is 11.8. The monoisotopic (exact) mass is 346 g/mol. The molecule has 0 amide bonds. The van der Waals surface area contributed by atoms with Gasteiger partial charge in [-0.1, -0.05) is 44.0 Å². The first-order chi connectivity index (χ1) is 7.63. The van der Waals surface area contributed by atoms with Gasteiger partial charge in [0.25, 0.3) is 0 Å². The summed E-state index contributed by atoms with van der Waals surface area (Å²) in [5.41, 5.74) is 2.13. The minimum absolute atomic E-state index is 0.880. The maximum absolute atomic E-state index is 10.4. The van der Waals surface area contributed by atoms with E-state index in [0.29, 0.717) is 0 Å². The van der Waals surface area contributed by atoms with Crippen molar-refractivity contribution in [2.45, 2.75) is 12.8 Å². The first-order valence-corrected chi connectivity index (χ1v) is 6.80. The molecule has 0 radical (unpaired) electrons. The van der Waals surface area contributed by atoms with Crippen LogP contribution in [0.5, 0.6) is 0 Å². The van der Waals surface area contributed by atoms with Crippen molar-refractivity contribution in [2.75, 3.05) is 5.33 Å². The number of aliphatic carboxylic acids is 1. The minimum atomic E-state index is -0.935. The number of hydrogen-bond donors (Lipinski definition) is 1. The van der Waals surface area contributed by atoms with Gasteiger partial charge in [-0.05, 0) is 36.1 Å². The highest BCUT2D eigenvalue weighted by Crippen LogP contribution is 2.21. The van der Waals surface area contributed by atoms with E-state index in [2.05, 4.69) is 31.9 Å². The standard InChI is InChI=1S/C12H12Br2O2/c13-7-1-2-9-3-4-10(11(14)8-9)5-6-12(15)16/h3-6,8H,1-2,7H2,(H,15,16)/b6-5+. The van der Waals surface area contributed by atoms with Gasteiger partial charge in [0.15, 0.2) is 0 Å². The van der Waals surface area contributed by atoms with Crippen LogP contribution in [0, 0.1) is 0 Å². The Bertz CT molecular complexity index is 400. The van der Waals surface area contributed by atoms with E-state index in [1.807, 2.05) is 18.2 Å². The SMILES string of the molecule is O=C(O)/C=C/c1ccc(CCCBr)cc1Br. The van der Waals surface area contributed by atoms with Crippen molar-refractivity contribution in [3.63, 3.8) is 0 Å². The van der Waals surface area contributed by atoms with E-state index in [4.69, 9.17) is 5.11 Å². The average molecular weight is 348 g/mol. The maximum atomic E-state index is 10.4. The van der Waals surface area contributed by atoms with Gasteiger partial charge in [0, 0.05) is 15.9 Å². The first kappa shape index (κ1) is 13.5. The summed E-state index contributed by atoms with van der Waals surface area (Å²) < 4.78 is 0.928. The normalized spacial score (nSPS) is 10.9. The predicted molar refractivity (Wildman–Crippen MR) is 72.9 cm³/mol. The average Bonchev–Trinajstić information content (AvgIpc) is 2.24. The van der Waals surface area contributed by atoms with Gasteiger partial charge in [0.05, 0.1) is 0 Å². The first-order valence-electron chi connectivity index (χ1n) is 4.89. The molecular formula is C12H12Br2O2. The minimum Gasteiger partial charge on any atom is -0.478 e. The van der Waals surface area contributed by atoms with E-state index >= 15 is 0 Å². The number of aryl methyl sites for hydroxylation is 1. The van der Waals surface area contributed by atoms with Gasteiger partial charge in [-0.2, -0.15) is 0 Å². The fourth-order valence-electron chi connectivity index (χ4n) is 1.29. The van der Waals surface area contributed by atoms with E-state index in [-0.39, 0.29) is 0 Å². The molecule has 0 spiro atoms. The van der Waals surface area contributed by atoms with Crippen LogP contribution in [-0.2, 0) is 11.2 Å². The fourth-order valence-corrected chi connectivity index (χ4v) is 2.13. The predicted octanol–water partition coefficient (Wildman–Crippen LogP) is 3.87. The molecule has 1 aromatic rings. The summed E-state index contributed by atoms with van der Waals surface area (Å²) in [6.07, 6.45) is 4.84. The van der Waals surface area contributed by atoms with Crippen molar-refractivity contribution in [2.24, 2.45) is 0 Å². The number of halogens is 2. The number of benzene rings is 1. The summed E-state index contributed by atoms with van der Waals surface area (Å²) >= 11 is 6.83. The third kappa shape index (κ3) is 4.49. The van der Waals surface area contributed by atoms with E-state index in [9.17, 15) is 4.79 Å². The Balaban J connectivity index is 2.79. The van der Waals surface area contributed by atoms with Gasteiger partial charge in [-0.15, -0.1) is 0 Å². The maximum Gasteiger partial charge on any atom is 0.328 e. The van der Waals surface area contributed by atoms with Crippen molar-refractivity contribution in [1.29, 1.82) is 0 Å². The van der Waals surface area contributed by atoms with Crippen molar-refractivity contribution < 1.29 is 9.90 Å². The van der Waals surface area contributed by atoms with E-state index in [1.165, 1.54) is 5.56 Å². The quantitative estimate of drug-likeness (QED) is 0.648. The Morgan fingerprint density at radius 2 is 2.19 bits per heavy atom. The molecule has 0 saturated carbocycles. The highest BCUT2D eigenvalue weighted by atomic mass is 79.9. The number of carbonyl (C=O) groups is 1. The van der Waals surface area contributed by atoms with E-state index in [0.717, 1.165) is 34.3 Å². The summed E-state index contributed by atoms with van der Waals surface area (Å²) in [5.74, 6) is -0.935. The molecule has 0 atom stereocenters. The summed E-state index contributed by atoms with van der Waals surface area (Å²) in [4.78, 5) is 10.4. The van der Waals surface area contributed by atoms with Crippen LogP contribution in [0.15, 0.2) is 28.7 Å². The van der Waals surface area contributed by atoms with Gasteiger partial charge >= 0.3 is 5.97 Å². The van der Waals surface area contributed by atoms with Crippen molar-refractivity contribution in [3.8, 4) is 0 Å². The smallest absolute Gasteiger partial charge is 0.328 e. The molecule has 86 valence electrons. The highest BCUT2D eigenvalue weighted by molar-refractivity contribution is 9.10. The van der Waals surface area contributed by atoms with Crippen LogP contribution in [-0.4, -0.2) is 16.4 Å². The van der Waals surface area contributed by atoms with Crippen LogP contribution < -0.4 is 0 Å². The number of carboxylic acid groups (broad SMARTS) is 1. The lowest BCUT2D eigenvalue weighted by Crippen LogP contribution is -1.89. The molecule has 0 heterocycles. The summed E-state index contributed by atoms with van der Waals surface area (Å²) in [7, 11) is 0. The van der Waals surface area contributed by atoms with E-state index in [1.54, 1.807) is 6.08 Å². The number of carboxylic acids is 1. The summed E-state index contributed by atoms with van der Waals surface area (Å²) in [5, 5.41) is 9.52. The molecule has 2 nitrogen and oxygen atoms in total. The Morgan fingerprint density at radius 3 is 2.75 bits per heavy atom. The second-order valence-electron chi connectivity index (χ2n) is 3.32. The molecule has 0 fully saturated rings. The summed E-state index contributed by atoms with van der Waals surface area (Å²) in [6.45, 7) is 0. The topological polar surface area (TPSA) is 37.3 Å². The third-order valence-corrected chi connectivity index (χ3v) is 3.32. The molecule has 4 heteroatoms. The third-order valence-electron chi connectivity index (χ3n) is 2.07. The molecule has 16 heavy (non-hydrogen) atoms. The van der Waals surface area contributed by atoms with Crippen molar-refractivity contribution in [3.05, 3.63) is 39.9 Å². The molecule has 0 aliphatic rings.